The maximum atomic E-state index is 13.2. The Balaban J connectivity index is 0.00000324. The van der Waals surface area contributed by atoms with Gasteiger partial charge in [0.25, 0.3) is 17.7 Å². The summed E-state index contributed by atoms with van der Waals surface area (Å²) in [6.45, 7) is 2.49. The van der Waals surface area contributed by atoms with Crippen molar-refractivity contribution in [2.45, 2.75) is 0 Å². The van der Waals surface area contributed by atoms with Crippen molar-refractivity contribution in [3.8, 4) is 0 Å². The molecule has 0 spiro atoms. The second-order valence-corrected chi connectivity index (χ2v) is 7.69. The summed E-state index contributed by atoms with van der Waals surface area (Å²) in [5, 5.41) is 8.52. The number of anilines is 2. The topological polar surface area (TPSA) is 119 Å². The summed E-state index contributed by atoms with van der Waals surface area (Å²) >= 11 is 5.92. The molecule has 1 aromatic heterocycles. The first-order valence-corrected chi connectivity index (χ1v) is 10.5. The van der Waals surface area contributed by atoms with E-state index < -0.39 is 17.6 Å². The average Bonchev–Trinajstić information content (AvgIpc) is 3.30. The highest BCUT2D eigenvalue weighted by atomic mass is 35.5. The molecular formula is C22H21Cl2FN6O3. The highest BCUT2D eigenvalue weighted by molar-refractivity contribution is 6.34. The van der Waals surface area contributed by atoms with Crippen LogP contribution in [0, 0.1) is 5.82 Å². The van der Waals surface area contributed by atoms with Gasteiger partial charge < -0.3 is 25.8 Å². The first-order chi connectivity index (χ1) is 15.9. The molecule has 178 valence electrons. The third-order valence-corrected chi connectivity index (χ3v) is 5.36. The van der Waals surface area contributed by atoms with Crippen LogP contribution in [0.2, 0.25) is 5.02 Å². The van der Waals surface area contributed by atoms with Crippen LogP contribution < -0.4 is 16.0 Å². The van der Waals surface area contributed by atoms with Crippen LogP contribution in [-0.4, -0.2) is 58.8 Å². The van der Waals surface area contributed by atoms with Gasteiger partial charge in [0.1, 0.15) is 11.5 Å². The summed E-state index contributed by atoms with van der Waals surface area (Å²) in [6, 6.07) is 9.85. The number of rotatable bonds is 5. The molecule has 0 radical (unpaired) electrons. The van der Waals surface area contributed by atoms with Gasteiger partial charge in [0, 0.05) is 37.6 Å². The van der Waals surface area contributed by atoms with E-state index in [9.17, 15) is 18.8 Å². The van der Waals surface area contributed by atoms with E-state index in [1.807, 2.05) is 0 Å². The highest BCUT2D eigenvalue weighted by Gasteiger charge is 2.25. The van der Waals surface area contributed by atoms with E-state index in [4.69, 9.17) is 11.6 Å². The third-order valence-electron chi connectivity index (χ3n) is 5.05. The van der Waals surface area contributed by atoms with Crippen molar-refractivity contribution < 1.29 is 18.8 Å². The van der Waals surface area contributed by atoms with Gasteiger partial charge in [-0.1, -0.05) is 11.6 Å². The van der Waals surface area contributed by atoms with Crippen molar-refractivity contribution >= 4 is 53.1 Å². The number of amides is 3. The summed E-state index contributed by atoms with van der Waals surface area (Å²) in [6.07, 6.45) is 1.31. The van der Waals surface area contributed by atoms with E-state index in [2.05, 4.69) is 25.9 Å². The minimum Gasteiger partial charge on any atom is -0.340 e. The average molecular weight is 507 g/mol. The maximum Gasteiger partial charge on any atom is 0.276 e. The molecule has 1 aliphatic heterocycles. The predicted octanol–water partition coefficient (Wildman–Crippen LogP) is 3.17. The molecule has 34 heavy (non-hydrogen) atoms. The quantitative estimate of drug-likeness (QED) is 0.423. The Kier molecular flexibility index (Phi) is 8.21. The molecule has 0 atom stereocenters. The van der Waals surface area contributed by atoms with Crippen LogP contribution in [0.15, 0.2) is 48.8 Å². The molecular weight excluding hydrogens is 486 g/mol. The number of hydrogen-bond donors (Lipinski definition) is 4. The van der Waals surface area contributed by atoms with Gasteiger partial charge >= 0.3 is 0 Å². The summed E-state index contributed by atoms with van der Waals surface area (Å²) in [5.74, 6) is -1.85. The third kappa shape index (κ3) is 5.71. The van der Waals surface area contributed by atoms with Crippen LogP contribution in [0.4, 0.5) is 15.8 Å². The molecule has 1 fully saturated rings. The van der Waals surface area contributed by atoms with E-state index in [1.54, 1.807) is 29.2 Å². The fourth-order valence-electron chi connectivity index (χ4n) is 3.35. The van der Waals surface area contributed by atoms with E-state index >= 15 is 0 Å². The fourth-order valence-corrected chi connectivity index (χ4v) is 3.61. The molecule has 3 amide bonds. The van der Waals surface area contributed by atoms with Gasteiger partial charge in [0.2, 0.25) is 0 Å². The lowest BCUT2D eigenvalue weighted by molar-refractivity contribution is 0.0726. The van der Waals surface area contributed by atoms with Crippen LogP contribution in [-0.2, 0) is 0 Å². The van der Waals surface area contributed by atoms with Crippen molar-refractivity contribution in [2.24, 2.45) is 0 Å². The molecule has 2 heterocycles. The molecule has 12 heteroatoms. The van der Waals surface area contributed by atoms with Crippen molar-refractivity contribution in [3.05, 3.63) is 76.6 Å². The number of hydrogen-bond acceptors (Lipinski definition) is 5. The lowest BCUT2D eigenvalue weighted by atomic mass is 10.2. The van der Waals surface area contributed by atoms with E-state index in [-0.39, 0.29) is 40.3 Å². The van der Waals surface area contributed by atoms with Gasteiger partial charge in [-0.2, -0.15) is 0 Å². The number of H-pyrrole nitrogens is 1. The number of carbonyl (C=O) groups is 3. The molecule has 0 saturated carbocycles. The van der Waals surface area contributed by atoms with Crippen LogP contribution >= 0.6 is 24.0 Å². The van der Waals surface area contributed by atoms with E-state index in [1.165, 1.54) is 12.4 Å². The zero-order chi connectivity index (χ0) is 23.4. The predicted molar refractivity (Wildman–Crippen MR) is 128 cm³/mol. The summed E-state index contributed by atoms with van der Waals surface area (Å²) in [7, 11) is 0. The normalized spacial score (nSPS) is 13.1. The summed E-state index contributed by atoms with van der Waals surface area (Å²) in [5.41, 5.74) is 1.17. The molecule has 2 aromatic carbocycles. The van der Waals surface area contributed by atoms with E-state index in [0.717, 1.165) is 12.1 Å². The zero-order valence-corrected chi connectivity index (χ0v) is 19.3. The Morgan fingerprint density at radius 2 is 1.59 bits per heavy atom. The summed E-state index contributed by atoms with van der Waals surface area (Å²) in [4.78, 5) is 46.2. The second kappa shape index (κ2) is 11.1. The minimum atomic E-state index is -0.537. The zero-order valence-electron chi connectivity index (χ0n) is 17.7. The Hall–Kier alpha value is -3.47. The lowest BCUT2D eigenvalue weighted by Crippen LogP contribution is -2.46. The number of halogens is 3. The number of nitrogens with one attached hydrogen (secondary N) is 4. The van der Waals surface area contributed by atoms with Crippen molar-refractivity contribution in [3.63, 3.8) is 0 Å². The Labute approximate surface area is 205 Å². The van der Waals surface area contributed by atoms with Crippen LogP contribution in [0.5, 0.6) is 0 Å². The van der Waals surface area contributed by atoms with Crippen LogP contribution in [0.25, 0.3) is 0 Å². The molecule has 4 N–H and O–H groups in total. The fraction of sp³-hybridized carbons (Fsp3) is 0.182. The smallest absolute Gasteiger partial charge is 0.276 e. The number of piperazine rings is 1. The molecule has 0 aliphatic carbocycles. The molecule has 1 saturated heterocycles. The number of benzene rings is 2. The number of aromatic nitrogens is 2. The van der Waals surface area contributed by atoms with Gasteiger partial charge in [0.15, 0.2) is 5.69 Å². The van der Waals surface area contributed by atoms with E-state index in [0.29, 0.717) is 37.6 Å². The summed E-state index contributed by atoms with van der Waals surface area (Å²) < 4.78 is 13.2. The van der Waals surface area contributed by atoms with Gasteiger partial charge in [-0.3, -0.25) is 14.4 Å². The molecule has 4 rings (SSSR count). The van der Waals surface area contributed by atoms with Gasteiger partial charge in [-0.15, -0.1) is 12.4 Å². The number of carbonyl (C=O) groups excluding carboxylic acids is 3. The molecule has 0 unspecified atom stereocenters. The van der Waals surface area contributed by atoms with Gasteiger partial charge in [-0.05, 0) is 42.5 Å². The Bertz CT molecular complexity index is 1200. The van der Waals surface area contributed by atoms with Crippen LogP contribution in [0.1, 0.15) is 31.3 Å². The van der Waals surface area contributed by atoms with Gasteiger partial charge in [0.05, 0.1) is 16.9 Å². The molecule has 0 bridgehead atoms. The van der Waals surface area contributed by atoms with Crippen LogP contribution in [0.3, 0.4) is 0 Å². The maximum absolute atomic E-state index is 13.2. The standard InChI is InChI=1S/C22H20ClFN6O3.ClH/c23-17-11-13(24)1-6-16(17)20(31)28-14-2-4-15(5-3-14)29-21(32)18-19(27-12-26-18)22(33)30-9-7-25-8-10-30;/h1-6,11-12,25H,7-10H2,(H,26,27)(H,28,31)(H,29,32);1H. The van der Waals surface area contributed by atoms with Gasteiger partial charge in [-0.25, -0.2) is 9.37 Å². The minimum absolute atomic E-state index is 0. The number of imidazole rings is 1. The molecule has 1 aliphatic rings. The first kappa shape index (κ1) is 25.2. The number of aromatic amines is 1. The monoisotopic (exact) mass is 506 g/mol. The van der Waals surface area contributed by atoms with Crippen molar-refractivity contribution in [2.75, 3.05) is 36.8 Å². The number of nitrogens with zero attached hydrogens (tertiary/aromatic N) is 2. The first-order valence-electron chi connectivity index (χ1n) is 10.1. The Morgan fingerprint density at radius 3 is 2.21 bits per heavy atom. The lowest BCUT2D eigenvalue weighted by Gasteiger charge is -2.27. The molecule has 9 nitrogen and oxygen atoms in total. The second-order valence-electron chi connectivity index (χ2n) is 7.28. The molecule has 3 aromatic rings. The van der Waals surface area contributed by atoms with Crippen molar-refractivity contribution in [1.82, 2.24) is 20.2 Å². The SMILES string of the molecule is Cl.O=C(Nc1ccc(NC(=O)c2nc[nH]c2C(=O)N2CCNCC2)cc1)c1ccc(F)cc1Cl. The Morgan fingerprint density at radius 1 is 0.971 bits per heavy atom. The highest BCUT2D eigenvalue weighted by Crippen LogP contribution is 2.20. The van der Waals surface area contributed by atoms with Crippen molar-refractivity contribution in [1.29, 1.82) is 0 Å². The largest absolute Gasteiger partial charge is 0.340 e.